The van der Waals surface area contributed by atoms with Gasteiger partial charge in [-0.25, -0.2) is 0 Å². The van der Waals surface area contributed by atoms with Crippen LogP contribution in [0.4, 0.5) is 0 Å². The zero-order valence-corrected chi connectivity index (χ0v) is 7.60. The smallest absolute Gasteiger partial charge is 0.182 e. The number of rotatable bonds is 2. The summed E-state index contributed by atoms with van der Waals surface area (Å²) in [6.07, 6.45) is -0.207. The standard InChI is InChI=1S/C10H10O4/c1-13-8-4-2-3-6-7(10(11)12)5-14-9(6)8/h2-5,10-12H,1H3. The molecule has 2 rings (SSSR count). The topological polar surface area (TPSA) is 62.8 Å². The van der Waals surface area contributed by atoms with Gasteiger partial charge in [0, 0.05) is 5.39 Å². The highest BCUT2D eigenvalue weighted by Gasteiger charge is 2.14. The number of benzene rings is 1. The Labute approximate surface area is 80.3 Å². The second-order valence-corrected chi connectivity index (χ2v) is 2.90. The molecular formula is C10H10O4. The average Bonchev–Trinajstić information content (AvgIpc) is 2.60. The van der Waals surface area contributed by atoms with Crippen molar-refractivity contribution in [2.45, 2.75) is 6.29 Å². The third kappa shape index (κ3) is 1.25. The molecule has 0 aliphatic rings. The first kappa shape index (κ1) is 9.05. The van der Waals surface area contributed by atoms with Crippen LogP contribution in [0.15, 0.2) is 28.9 Å². The van der Waals surface area contributed by atoms with Crippen LogP contribution in [0.3, 0.4) is 0 Å². The van der Waals surface area contributed by atoms with Gasteiger partial charge >= 0.3 is 0 Å². The van der Waals surface area contributed by atoms with Crippen molar-refractivity contribution in [3.63, 3.8) is 0 Å². The Balaban J connectivity index is 2.69. The number of aliphatic hydroxyl groups is 2. The molecule has 0 bridgehead atoms. The zero-order chi connectivity index (χ0) is 10.1. The van der Waals surface area contributed by atoms with Crippen LogP contribution in [0.25, 0.3) is 11.0 Å². The van der Waals surface area contributed by atoms with Gasteiger partial charge in [-0.15, -0.1) is 0 Å². The Morgan fingerprint density at radius 3 is 2.79 bits per heavy atom. The SMILES string of the molecule is COc1cccc2c(C(O)O)coc12. The van der Waals surface area contributed by atoms with Crippen molar-refractivity contribution in [2.24, 2.45) is 0 Å². The number of ether oxygens (including phenoxy) is 1. The molecule has 0 atom stereocenters. The Morgan fingerprint density at radius 1 is 1.36 bits per heavy atom. The van der Waals surface area contributed by atoms with Crippen molar-refractivity contribution in [3.8, 4) is 5.75 Å². The van der Waals surface area contributed by atoms with E-state index in [1.807, 2.05) is 0 Å². The molecule has 0 amide bonds. The lowest BCUT2D eigenvalue weighted by atomic mass is 10.1. The number of aliphatic hydroxyl groups excluding tert-OH is 1. The van der Waals surface area contributed by atoms with Crippen LogP contribution in [0.1, 0.15) is 11.9 Å². The molecule has 0 unspecified atom stereocenters. The van der Waals surface area contributed by atoms with Gasteiger partial charge in [-0.1, -0.05) is 12.1 Å². The normalized spacial score (nSPS) is 11.1. The van der Waals surface area contributed by atoms with Crippen molar-refractivity contribution in [3.05, 3.63) is 30.0 Å². The molecule has 0 spiro atoms. The molecule has 0 saturated carbocycles. The maximum Gasteiger partial charge on any atom is 0.182 e. The summed E-state index contributed by atoms with van der Waals surface area (Å²) in [4.78, 5) is 0. The first-order valence-electron chi connectivity index (χ1n) is 4.14. The van der Waals surface area contributed by atoms with E-state index in [2.05, 4.69) is 0 Å². The summed E-state index contributed by atoms with van der Waals surface area (Å²) in [5.74, 6) is 0.578. The Bertz CT molecular complexity index is 444. The molecule has 14 heavy (non-hydrogen) atoms. The monoisotopic (exact) mass is 194 g/mol. The van der Waals surface area contributed by atoms with Crippen molar-refractivity contribution >= 4 is 11.0 Å². The maximum absolute atomic E-state index is 9.03. The fourth-order valence-electron chi connectivity index (χ4n) is 1.41. The lowest BCUT2D eigenvalue weighted by Gasteiger charge is -2.01. The number of hydrogen-bond donors (Lipinski definition) is 2. The van der Waals surface area contributed by atoms with E-state index in [9.17, 15) is 0 Å². The molecule has 2 N–H and O–H groups in total. The van der Waals surface area contributed by atoms with E-state index in [0.717, 1.165) is 0 Å². The quantitative estimate of drug-likeness (QED) is 0.710. The van der Waals surface area contributed by atoms with Crippen molar-refractivity contribution in [2.75, 3.05) is 7.11 Å². The van der Waals surface area contributed by atoms with Gasteiger partial charge in [-0.2, -0.15) is 0 Å². The molecule has 0 radical (unpaired) electrons. The number of furan rings is 1. The molecule has 1 aromatic heterocycles. The summed E-state index contributed by atoms with van der Waals surface area (Å²) in [5.41, 5.74) is 0.872. The number of fused-ring (bicyclic) bond motifs is 1. The molecule has 0 saturated heterocycles. The molecule has 74 valence electrons. The van der Waals surface area contributed by atoms with Crippen LogP contribution in [-0.2, 0) is 0 Å². The van der Waals surface area contributed by atoms with Crippen LogP contribution in [-0.4, -0.2) is 17.3 Å². The highest BCUT2D eigenvalue weighted by molar-refractivity contribution is 5.86. The largest absolute Gasteiger partial charge is 0.493 e. The summed E-state index contributed by atoms with van der Waals surface area (Å²) < 4.78 is 10.3. The van der Waals surface area contributed by atoms with Gasteiger partial charge in [0.2, 0.25) is 0 Å². The maximum atomic E-state index is 9.03. The predicted octanol–water partition coefficient (Wildman–Crippen LogP) is 1.42. The third-order valence-electron chi connectivity index (χ3n) is 2.09. The van der Waals surface area contributed by atoms with Crippen LogP contribution in [0, 0.1) is 0 Å². The van der Waals surface area contributed by atoms with Gasteiger partial charge < -0.3 is 19.4 Å². The van der Waals surface area contributed by atoms with Gasteiger partial charge in [0.15, 0.2) is 17.6 Å². The van der Waals surface area contributed by atoms with E-state index in [4.69, 9.17) is 19.4 Å². The van der Waals surface area contributed by atoms with Gasteiger partial charge in [0.05, 0.1) is 12.7 Å². The number of para-hydroxylation sites is 1. The molecule has 0 aliphatic carbocycles. The lowest BCUT2D eigenvalue weighted by molar-refractivity contribution is -0.0418. The Morgan fingerprint density at radius 2 is 2.14 bits per heavy atom. The molecule has 4 heteroatoms. The van der Waals surface area contributed by atoms with Gasteiger partial charge in [0.1, 0.15) is 6.26 Å². The summed E-state index contributed by atoms with van der Waals surface area (Å²) in [5, 5.41) is 18.7. The van der Waals surface area contributed by atoms with Gasteiger partial charge in [-0.3, -0.25) is 0 Å². The predicted molar refractivity (Wildman–Crippen MR) is 49.9 cm³/mol. The fraction of sp³-hybridized carbons (Fsp3) is 0.200. The van der Waals surface area contributed by atoms with E-state index >= 15 is 0 Å². The Hall–Kier alpha value is -1.52. The molecular weight excluding hydrogens is 184 g/mol. The second-order valence-electron chi connectivity index (χ2n) is 2.90. The van der Waals surface area contributed by atoms with E-state index < -0.39 is 6.29 Å². The third-order valence-corrected chi connectivity index (χ3v) is 2.09. The molecule has 2 aromatic rings. The van der Waals surface area contributed by atoms with Crippen LogP contribution in [0.2, 0.25) is 0 Å². The van der Waals surface area contributed by atoms with E-state index in [0.29, 0.717) is 22.3 Å². The van der Waals surface area contributed by atoms with Crippen molar-refractivity contribution < 1.29 is 19.4 Å². The molecule has 1 aromatic carbocycles. The average molecular weight is 194 g/mol. The zero-order valence-electron chi connectivity index (χ0n) is 7.60. The van der Waals surface area contributed by atoms with Crippen LogP contribution < -0.4 is 4.74 Å². The Kier molecular flexibility index (Phi) is 2.15. The molecule has 0 fully saturated rings. The minimum absolute atomic E-state index is 0.346. The van der Waals surface area contributed by atoms with Crippen LogP contribution >= 0.6 is 0 Å². The van der Waals surface area contributed by atoms with Crippen molar-refractivity contribution in [1.29, 1.82) is 0 Å². The highest BCUT2D eigenvalue weighted by Crippen LogP contribution is 2.31. The van der Waals surface area contributed by atoms with Crippen molar-refractivity contribution in [1.82, 2.24) is 0 Å². The summed E-state index contributed by atoms with van der Waals surface area (Å²) in [7, 11) is 1.53. The summed E-state index contributed by atoms with van der Waals surface area (Å²) >= 11 is 0. The fourth-order valence-corrected chi connectivity index (χ4v) is 1.41. The number of hydrogen-bond acceptors (Lipinski definition) is 4. The second kappa shape index (κ2) is 3.32. The van der Waals surface area contributed by atoms with E-state index in [-0.39, 0.29) is 0 Å². The van der Waals surface area contributed by atoms with E-state index in [1.165, 1.54) is 13.4 Å². The number of methoxy groups -OCH3 is 1. The summed E-state index contributed by atoms with van der Waals surface area (Å²) in [6.45, 7) is 0. The van der Waals surface area contributed by atoms with E-state index in [1.54, 1.807) is 18.2 Å². The minimum atomic E-state index is -1.52. The van der Waals surface area contributed by atoms with Gasteiger partial charge in [-0.05, 0) is 6.07 Å². The highest BCUT2D eigenvalue weighted by atomic mass is 16.5. The minimum Gasteiger partial charge on any atom is -0.493 e. The lowest BCUT2D eigenvalue weighted by Crippen LogP contribution is -1.92. The molecule has 0 aliphatic heterocycles. The van der Waals surface area contributed by atoms with Crippen LogP contribution in [0.5, 0.6) is 5.75 Å². The summed E-state index contributed by atoms with van der Waals surface area (Å²) in [6, 6.07) is 5.26. The van der Waals surface area contributed by atoms with Gasteiger partial charge in [0.25, 0.3) is 0 Å². The molecule has 4 nitrogen and oxygen atoms in total. The first-order chi connectivity index (χ1) is 6.74. The molecule has 1 heterocycles. The first-order valence-corrected chi connectivity index (χ1v) is 4.14.